The molecule has 2 rings (SSSR count). The predicted molar refractivity (Wildman–Crippen MR) is 52.3 cm³/mol. The van der Waals surface area contributed by atoms with Crippen LogP contribution < -0.4 is 0 Å². The Kier molecular flexibility index (Phi) is 2.26. The van der Waals surface area contributed by atoms with Crippen LogP contribution in [0.25, 0.3) is 0 Å². The first-order valence-electron chi connectivity index (χ1n) is 4.96. The maximum atomic E-state index is 11.1. The van der Waals surface area contributed by atoms with E-state index in [1.807, 2.05) is 13.8 Å². The molecule has 5 nitrogen and oxygen atoms in total. The number of carbonyl (C=O) groups excluding carboxylic acids is 1. The molecule has 0 aliphatic carbocycles. The fraction of sp³-hybridized carbons (Fsp3) is 0.600. The standard InChI is InChI=1S/C10H13N3O2/c1-4-10(3)8-7(5-15-10)12-13-9(11-8)6(2)14/h4-5H2,1-3H3. The van der Waals surface area contributed by atoms with Gasteiger partial charge in [0.15, 0.2) is 5.78 Å². The number of aromatic nitrogens is 3. The van der Waals surface area contributed by atoms with Gasteiger partial charge in [0, 0.05) is 6.92 Å². The van der Waals surface area contributed by atoms with Crippen molar-refractivity contribution in [1.29, 1.82) is 0 Å². The van der Waals surface area contributed by atoms with Crippen molar-refractivity contribution >= 4 is 5.78 Å². The molecule has 1 aliphatic rings. The van der Waals surface area contributed by atoms with E-state index in [2.05, 4.69) is 15.2 Å². The topological polar surface area (TPSA) is 65.0 Å². The Morgan fingerprint density at radius 3 is 2.87 bits per heavy atom. The van der Waals surface area contributed by atoms with Crippen LogP contribution in [0.15, 0.2) is 0 Å². The van der Waals surface area contributed by atoms with E-state index in [-0.39, 0.29) is 11.6 Å². The predicted octanol–water partition coefficient (Wildman–Crippen LogP) is 1.23. The first-order chi connectivity index (χ1) is 7.07. The van der Waals surface area contributed by atoms with Crippen LogP contribution in [0.4, 0.5) is 0 Å². The molecule has 1 atom stereocenters. The summed E-state index contributed by atoms with van der Waals surface area (Å²) in [5, 5.41) is 7.72. The zero-order valence-electron chi connectivity index (χ0n) is 9.07. The molecular formula is C10H13N3O2. The lowest BCUT2D eigenvalue weighted by Gasteiger charge is -2.20. The summed E-state index contributed by atoms with van der Waals surface area (Å²) in [6.07, 6.45) is 0.802. The van der Waals surface area contributed by atoms with Gasteiger partial charge in [0.25, 0.3) is 0 Å². The number of hydrogen-bond acceptors (Lipinski definition) is 5. The maximum absolute atomic E-state index is 11.1. The Balaban J connectivity index is 2.51. The van der Waals surface area contributed by atoms with Gasteiger partial charge >= 0.3 is 0 Å². The second kappa shape index (κ2) is 3.34. The van der Waals surface area contributed by atoms with Crippen LogP contribution >= 0.6 is 0 Å². The Hall–Kier alpha value is -1.36. The van der Waals surface area contributed by atoms with Crippen LogP contribution in [0.5, 0.6) is 0 Å². The molecule has 1 aromatic rings. The molecule has 0 bridgehead atoms. The summed E-state index contributed by atoms with van der Waals surface area (Å²) in [6.45, 7) is 5.84. The molecule has 0 fully saturated rings. The number of carbonyl (C=O) groups is 1. The minimum absolute atomic E-state index is 0.166. The molecule has 80 valence electrons. The van der Waals surface area contributed by atoms with Crippen molar-refractivity contribution < 1.29 is 9.53 Å². The van der Waals surface area contributed by atoms with Crippen molar-refractivity contribution in [3.63, 3.8) is 0 Å². The molecular weight excluding hydrogens is 194 g/mol. The van der Waals surface area contributed by atoms with E-state index >= 15 is 0 Å². The van der Waals surface area contributed by atoms with Crippen LogP contribution in [-0.2, 0) is 16.9 Å². The normalized spacial score (nSPS) is 23.9. The molecule has 0 saturated heterocycles. The molecule has 0 spiro atoms. The smallest absolute Gasteiger partial charge is 0.217 e. The lowest BCUT2D eigenvalue weighted by Crippen LogP contribution is -2.22. The van der Waals surface area contributed by atoms with Crippen molar-refractivity contribution in [3.8, 4) is 0 Å². The van der Waals surface area contributed by atoms with Gasteiger partial charge in [-0.05, 0) is 13.3 Å². The van der Waals surface area contributed by atoms with Gasteiger partial charge in [0.2, 0.25) is 5.82 Å². The highest BCUT2D eigenvalue weighted by Crippen LogP contribution is 2.35. The number of ketones is 1. The minimum Gasteiger partial charge on any atom is -0.362 e. The van der Waals surface area contributed by atoms with Crippen molar-refractivity contribution in [2.75, 3.05) is 0 Å². The molecule has 0 radical (unpaired) electrons. The Morgan fingerprint density at radius 1 is 1.53 bits per heavy atom. The second-order valence-corrected chi connectivity index (χ2v) is 3.86. The Bertz CT molecular complexity index is 419. The van der Waals surface area contributed by atoms with Gasteiger partial charge in [-0.25, -0.2) is 4.98 Å². The van der Waals surface area contributed by atoms with Gasteiger partial charge in [0.05, 0.1) is 6.61 Å². The SMILES string of the molecule is CCC1(C)OCc2nnc(C(C)=O)nc21. The summed E-state index contributed by atoms with van der Waals surface area (Å²) in [5.74, 6) is -0.00502. The van der Waals surface area contributed by atoms with Crippen molar-refractivity contribution in [2.45, 2.75) is 39.4 Å². The highest BCUT2D eigenvalue weighted by molar-refractivity contribution is 5.90. The zero-order chi connectivity index (χ0) is 11.1. The molecule has 0 amide bonds. The highest BCUT2D eigenvalue weighted by Gasteiger charge is 2.37. The van der Waals surface area contributed by atoms with Gasteiger partial charge in [-0.2, -0.15) is 0 Å². The number of ether oxygens (including phenoxy) is 1. The zero-order valence-corrected chi connectivity index (χ0v) is 9.07. The first kappa shape index (κ1) is 10.2. The number of hydrogen-bond donors (Lipinski definition) is 0. The number of rotatable bonds is 2. The average Bonchev–Trinajstić information content (AvgIpc) is 2.57. The average molecular weight is 207 g/mol. The Labute approximate surface area is 87.9 Å². The minimum atomic E-state index is -0.421. The number of nitrogens with zero attached hydrogens (tertiary/aromatic N) is 3. The number of Topliss-reactive ketones (excluding diaryl/α,β-unsaturated/α-hetero) is 1. The van der Waals surface area contributed by atoms with E-state index in [9.17, 15) is 4.79 Å². The maximum Gasteiger partial charge on any atom is 0.217 e. The van der Waals surface area contributed by atoms with E-state index < -0.39 is 5.60 Å². The molecule has 0 N–H and O–H groups in total. The van der Waals surface area contributed by atoms with Gasteiger partial charge in [-0.15, -0.1) is 10.2 Å². The third kappa shape index (κ3) is 1.52. The lowest BCUT2D eigenvalue weighted by atomic mass is 9.99. The monoisotopic (exact) mass is 207 g/mol. The van der Waals surface area contributed by atoms with Crippen LogP contribution in [-0.4, -0.2) is 21.0 Å². The molecule has 15 heavy (non-hydrogen) atoms. The summed E-state index contributed by atoms with van der Waals surface area (Å²) in [7, 11) is 0. The largest absolute Gasteiger partial charge is 0.362 e. The summed E-state index contributed by atoms with van der Waals surface area (Å²) < 4.78 is 5.62. The van der Waals surface area contributed by atoms with Gasteiger partial charge < -0.3 is 4.74 Å². The third-order valence-electron chi connectivity index (χ3n) is 2.77. The van der Waals surface area contributed by atoms with Crippen molar-refractivity contribution in [1.82, 2.24) is 15.2 Å². The van der Waals surface area contributed by atoms with Crippen LogP contribution in [0, 0.1) is 0 Å². The highest BCUT2D eigenvalue weighted by atomic mass is 16.5. The van der Waals surface area contributed by atoms with Gasteiger partial charge in [-0.3, -0.25) is 4.79 Å². The summed E-state index contributed by atoms with van der Waals surface area (Å²) in [4.78, 5) is 15.4. The fourth-order valence-electron chi connectivity index (χ4n) is 1.58. The molecule has 0 aromatic carbocycles. The summed E-state index contributed by atoms with van der Waals surface area (Å²) in [5.41, 5.74) is 1.07. The molecule has 1 aromatic heterocycles. The molecule has 5 heteroatoms. The molecule has 2 heterocycles. The van der Waals surface area contributed by atoms with E-state index in [1.165, 1.54) is 6.92 Å². The van der Waals surface area contributed by atoms with E-state index in [0.29, 0.717) is 6.61 Å². The molecule has 0 saturated carbocycles. The quantitative estimate of drug-likeness (QED) is 0.682. The van der Waals surface area contributed by atoms with Crippen LogP contribution in [0.1, 0.15) is 49.2 Å². The second-order valence-electron chi connectivity index (χ2n) is 3.86. The summed E-state index contributed by atoms with van der Waals surface area (Å²) >= 11 is 0. The van der Waals surface area contributed by atoms with Crippen molar-refractivity contribution in [3.05, 3.63) is 17.2 Å². The molecule has 1 aliphatic heterocycles. The van der Waals surface area contributed by atoms with Crippen LogP contribution in [0.2, 0.25) is 0 Å². The first-order valence-corrected chi connectivity index (χ1v) is 4.96. The van der Waals surface area contributed by atoms with E-state index in [4.69, 9.17) is 4.74 Å². The third-order valence-corrected chi connectivity index (χ3v) is 2.77. The van der Waals surface area contributed by atoms with Crippen molar-refractivity contribution in [2.24, 2.45) is 0 Å². The lowest BCUT2D eigenvalue weighted by molar-refractivity contribution is -0.0286. The van der Waals surface area contributed by atoms with E-state index in [1.54, 1.807) is 0 Å². The van der Waals surface area contributed by atoms with Gasteiger partial charge in [0.1, 0.15) is 17.0 Å². The fourth-order valence-corrected chi connectivity index (χ4v) is 1.58. The van der Waals surface area contributed by atoms with Gasteiger partial charge in [-0.1, -0.05) is 6.92 Å². The Morgan fingerprint density at radius 2 is 2.27 bits per heavy atom. The summed E-state index contributed by atoms with van der Waals surface area (Å²) in [6, 6.07) is 0. The van der Waals surface area contributed by atoms with E-state index in [0.717, 1.165) is 17.8 Å². The number of fused-ring (bicyclic) bond motifs is 1. The molecule has 1 unspecified atom stereocenters. The van der Waals surface area contributed by atoms with Crippen LogP contribution in [0.3, 0.4) is 0 Å².